The summed E-state index contributed by atoms with van der Waals surface area (Å²) in [4.78, 5) is 23.9. The summed E-state index contributed by atoms with van der Waals surface area (Å²) in [7, 11) is 0. The van der Waals surface area contributed by atoms with Crippen LogP contribution >= 0.6 is 0 Å². The lowest BCUT2D eigenvalue weighted by atomic mass is 10.0. The maximum atomic E-state index is 12.3. The lowest BCUT2D eigenvalue weighted by Crippen LogP contribution is -2.43. The third-order valence-electron chi connectivity index (χ3n) is 5.55. The van der Waals surface area contributed by atoms with Gasteiger partial charge in [-0.1, -0.05) is 111 Å². The Kier molecular flexibility index (Phi) is 21.1. The third-order valence-corrected chi connectivity index (χ3v) is 5.55. The lowest BCUT2D eigenvalue weighted by molar-refractivity contribution is -0.146. The Balaban J connectivity index is 3.58. The van der Waals surface area contributed by atoms with Gasteiger partial charge in [-0.2, -0.15) is 0 Å². The second-order valence-electron chi connectivity index (χ2n) is 9.16. The minimum atomic E-state index is -0.629. The maximum absolute atomic E-state index is 12.3. The van der Waals surface area contributed by atoms with Crippen molar-refractivity contribution in [2.75, 3.05) is 13.2 Å². The first-order chi connectivity index (χ1) is 15.0. The topological polar surface area (TPSA) is 64.6 Å². The van der Waals surface area contributed by atoms with Crippen molar-refractivity contribution < 1.29 is 19.1 Å². The molecule has 0 aliphatic carbocycles. The van der Waals surface area contributed by atoms with Crippen LogP contribution in [0.25, 0.3) is 0 Å². The average molecular weight is 442 g/mol. The Morgan fingerprint density at radius 2 is 1.13 bits per heavy atom. The highest BCUT2D eigenvalue weighted by Crippen LogP contribution is 2.13. The van der Waals surface area contributed by atoms with Gasteiger partial charge in [0.2, 0.25) is 0 Å². The van der Waals surface area contributed by atoms with Crippen LogP contribution in [0.4, 0.5) is 4.79 Å². The molecule has 1 amide bonds. The number of alkyl carbamates (subject to hydrolysis) is 1. The molecular formula is C26H51NO4. The second kappa shape index (κ2) is 22.0. The van der Waals surface area contributed by atoms with E-state index in [0.29, 0.717) is 13.0 Å². The monoisotopic (exact) mass is 441 g/mol. The van der Waals surface area contributed by atoms with Crippen molar-refractivity contribution in [3.63, 3.8) is 0 Å². The normalized spacial score (nSPS) is 12.0. The first kappa shape index (κ1) is 29.7. The molecule has 0 radical (unpaired) electrons. The van der Waals surface area contributed by atoms with Gasteiger partial charge in [-0.15, -0.1) is 0 Å². The number of nitrogens with one attached hydrogen (secondary N) is 1. The quantitative estimate of drug-likeness (QED) is 0.147. The van der Waals surface area contributed by atoms with Crippen molar-refractivity contribution in [1.29, 1.82) is 0 Å². The summed E-state index contributed by atoms with van der Waals surface area (Å²) >= 11 is 0. The van der Waals surface area contributed by atoms with E-state index in [-0.39, 0.29) is 18.5 Å². The number of esters is 1. The minimum absolute atomic E-state index is 0.283. The first-order valence-corrected chi connectivity index (χ1v) is 13.1. The van der Waals surface area contributed by atoms with Crippen molar-refractivity contribution in [3.05, 3.63) is 0 Å². The fourth-order valence-electron chi connectivity index (χ4n) is 3.75. The van der Waals surface area contributed by atoms with Crippen molar-refractivity contribution in [2.45, 2.75) is 136 Å². The fourth-order valence-corrected chi connectivity index (χ4v) is 3.75. The number of amides is 1. The van der Waals surface area contributed by atoms with Crippen LogP contribution in [-0.2, 0) is 14.3 Å². The van der Waals surface area contributed by atoms with E-state index < -0.39 is 12.1 Å². The van der Waals surface area contributed by atoms with Gasteiger partial charge in [0.25, 0.3) is 0 Å². The summed E-state index contributed by atoms with van der Waals surface area (Å²) in [6.45, 7) is 8.76. The predicted octanol–water partition coefficient (Wildman–Crippen LogP) is 7.56. The maximum Gasteiger partial charge on any atom is 0.407 e. The zero-order valence-electron chi connectivity index (χ0n) is 21.0. The molecule has 31 heavy (non-hydrogen) atoms. The molecule has 0 aliphatic rings. The molecule has 0 rings (SSSR count). The largest absolute Gasteiger partial charge is 0.464 e. The van der Waals surface area contributed by atoms with E-state index >= 15 is 0 Å². The Bertz CT molecular complexity index is 426. The van der Waals surface area contributed by atoms with E-state index in [0.717, 1.165) is 12.8 Å². The molecule has 0 aromatic heterocycles. The van der Waals surface area contributed by atoms with Gasteiger partial charge in [0.05, 0.1) is 13.2 Å². The molecule has 0 saturated carbocycles. The molecular weight excluding hydrogens is 390 g/mol. The number of hydrogen-bond acceptors (Lipinski definition) is 4. The molecule has 0 unspecified atom stereocenters. The average Bonchev–Trinajstić information content (AvgIpc) is 2.72. The molecule has 0 bridgehead atoms. The number of carbonyl (C=O) groups excluding carboxylic acids is 2. The molecule has 5 heteroatoms. The highest BCUT2D eigenvalue weighted by Gasteiger charge is 2.23. The van der Waals surface area contributed by atoms with Crippen LogP contribution in [0.15, 0.2) is 0 Å². The molecule has 5 nitrogen and oxygen atoms in total. The number of hydrogen-bond donors (Lipinski definition) is 1. The first-order valence-electron chi connectivity index (χ1n) is 13.1. The molecule has 0 saturated heterocycles. The van der Waals surface area contributed by atoms with E-state index in [9.17, 15) is 9.59 Å². The predicted molar refractivity (Wildman–Crippen MR) is 129 cm³/mol. The Morgan fingerprint density at radius 1 is 0.677 bits per heavy atom. The minimum Gasteiger partial charge on any atom is -0.464 e. The molecule has 1 N–H and O–H groups in total. The number of rotatable bonds is 21. The van der Waals surface area contributed by atoms with Crippen molar-refractivity contribution in [2.24, 2.45) is 5.92 Å². The summed E-state index contributed by atoms with van der Waals surface area (Å²) in [5, 5.41) is 2.62. The van der Waals surface area contributed by atoms with Gasteiger partial charge in [-0.25, -0.2) is 9.59 Å². The van der Waals surface area contributed by atoms with Crippen LogP contribution in [0, 0.1) is 5.92 Å². The van der Waals surface area contributed by atoms with Crippen molar-refractivity contribution in [3.8, 4) is 0 Å². The lowest BCUT2D eigenvalue weighted by Gasteiger charge is -2.19. The van der Waals surface area contributed by atoms with Crippen molar-refractivity contribution >= 4 is 12.1 Å². The van der Waals surface area contributed by atoms with Crippen molar-refractivity contribution in [1.82, 2.24) is 5.32 Å². The summed E-state index contributed by atoms with van der Waals surface area (Å²) in [6.07, 6.45) is 19.7. The zero-order chi connectivity index (χ0) is 23.2. The number of ether oxygens (including phenoxy) is 2. The Hall–Kier alpha value is -1.26. The van der Waals surface area contributed by atoms with Crippen LogP contribution in [0.1, 0.15) is 130 Å². The van der Waals surface area contributed by atoms with Gasteiger partial charge in [0, 0.05) is 0 Å². The number of unbranched alkanes of at least 4 members (excludes halogenated alkanes) is 14. The van der Waals surface area contributed by atoms with E-state index in [1.54, 1.807) is 6.92 Å². The van der Waals surface area contributed by atoms with Gasteiger partial charge in [0.1, 0.15) is 6.04 Å². The Labute approximate surface area is 192 Å². The standard InChI is InChI=1S/C26H51NO4/c1-5-7-8-9-10-11-12-13-14-15-16-17-18-19-20-21-31-25(28)24(22-23(3)4)27-26(29)30-6-2/h23-24H,5-22H2,1-4H3,(H,27,29)/t24-/m0/s1. The van der Waals surface area contributed by atoms with Crippen LogP contribution < -0.4 is 5.32 Å². The highest BCUT2D eigenvalue weighted by atomic mass is 16.6. The molecule has 0 aromatic rings. The molecule has 0 aromatic carbocycles. The second-order valence-corrected chi connectivity index (χ2v) is 9.16. The summed E-state index contributed by atoms with van der Waals surface area (Å²) in [6, 6.07) is -0.629. The third kappa shape index (κ3) is 20.4. The molecule has 0 heterocycles. The summed E-state index contributed by atoms with van der Waals surface area (Å²) in [5.74, 6) is -0.0719. The molecule has 0 spiro atoms. The highest BCUT2D eigenvalue weighted by molar-refractivity contribution is 5.81. The van der Waals surface area contributed by atoms with Crippen LogP contribution in [0.5, 0.6) is 0 Å². The summed E-state index contributed by atoms with van der Waals surface area (Å²) < 4.78 is 10.3. The fraction of sp³-hybridized carbons (Fsp3) is 0.923. The van der Waals surface area contributed by atoms with E-state index in [2.05, 4.69) is 12.2 Å². The van der Waals surface area contributed by atoms with Gasteiger partial charge >= 0.3 is 12.1 Å². The van der Waals surface area contributed by atoms with E-state index in [4.69, 9.17) is 9.47 Å². The van der Waals surface area contributed by atoms with Crippen LogP contribution in [0.3, 0.4) is 0 Å². The van der Waals surface area contributed by atoms with Crippen LogP contribution in [0.2, 0.25) is 0 Å². The van der Waals surface area contributed by atoms with Crippen LogP contribution in [-0.4, -0.2) is 31.3 Å². The Morgan fingerprint density at radius 3 is 1.55 bits per heavy atom. The van der Waals surface area contributed by atoms with E-state index in [1.807, 2.05) is 13.8 Å². The SMILES string of the molecule is CCCCCCCCCCCCCCCCCOC(=O)[C@H](CC(C)C)NC(=O)OCC. The zero-order valence-corrected chi connectivity index (χ0v) is 21.0. The number of carbonyl (C=O) groups is 2. The van der Waals surface area contributed by atoms with Gasteiger partial charge in [0.15, 0.2) is 0 Å². The van der Waals surface area contributed by atoms with Gasteiger partial charge in [-0.3, -0.25) is 0 Å². The van der Waals surface area contributed by atoms with Gasteiger partial charge in [-0.05, 0) is 25.7 Å². The summed E-state index contributed by atoms with van der Waals surface area (Å²) in [5.41, 5.74) is 0. The molecule has 0 fully saturated rings. The molecule has 184 valence electrons. The molecule has 0 aliphatic heterocycles. The van der Waals surface area contributed by atoms with Gasteiger partial charge < -0.3 is 14.8 Å². The smallest absolute Gasteiger partial charge is 0.407 e. The van der Waals surface area contributed by atoms with E-state index in [1.165, 1.54) is 83.5 Å². The molecule has 1 atom stereocenters.